The summed E-state index contributed by atoms with van der Waals surface area (Å²) in [6, 6.07) is 7.90. The molecule has 0 unspecified atom stereocenters. The van der Waals surface area contributed by atoms with Crippen molar-refractivity contribution in [1.29, 1.82) is 0 Å². The minimum absolute atomic E-state index is 0.202. The van der Waals surface area contributed by atoms with Gasteiger partial charge in [0, 0.05) is 24.1 Å². The number of nitrogens with zero attached hydrogens (tertiary/aromatic N) is 3. The summed E-state index contributed by atoms with van der Waals surface area (Å²) < 4.78 is 25.5. The summed E-state index contributed by atoms with van der Waals surface area (Å²) in [6.07, 6.45) is 2.22. The maximum atomic E-state index is 11.7. The van der Waals surface area contributed by atoms with E-state index in [0.29, 0.717) is 12.2 Å². The van der Waals surface area contributed by atoms with Gasteiger partial charge in [0.15, 0.2) is 5.82 Å². The largest absolute Gasteiger partial charge is 0.382 e. The second-order valence-electron chi connectivity index (χ2n) is 6.19. The summed E-state index contributed by atoms with van der Waals surface area (Å²) in [5.74, 6) is 1.84. The van der Waals surface area contributed by atoms with Gasteiger partial charge >= 0.3 is 0 Å². The second kappa shape index (κ2) is 7.00. The lowest BCUT2D eigenvalue weighted by molar-refractivity contribution is 0.582. The highest BCUT2D eigenvalue weighted by Gasteiger charge is 2.16. The molecule has 2 aromatic heterocycles. The van der Waals surface area contributed by atoms with E-state index in [0.717, 1.165) is 47.1 Å². The number of para-hydroxylation sites is 1. The predicted octanol–water partition coefficient (Wildman–Crippen LogP) is 2.94. The van der Waals surface area contributed by atoms with Crippen molar-refractivity contribution in [3.63, 3.8) is 0 Å². The molecule has 0 saturated heterocycles. The first kappa shape index (κ1) is 17.7. The highest BCUT2D eigenvalue weighted by molar-refractivity contribution is 7.91. The van der Waals surface area contributed by atoms with Crippen LogP contribution in [0, 0.1) is 0 Å². The molecule has 0 spiro atoms. The maximum absolute atomic E-state index is 11.7. The highest BCUT2D eigenvalue weighted by atomic mass is 32.2. The average molecular weight is 360 g/mol. The number of sulfone groups is 1. The molecule has 2 N–H and O–H groups in total. The van der Waals surface area contributed by atoms with E-state index in [4.69, 9.17) is 5.73 Å². The molecule has 0 aliphatic carbocycles. The van der Waals surface area contributed by atoms with Gasteiger partial charge in [-0.3, -0.25) is 0 Å². The van der Waals surface area contributed by atoms with Gasteiger partial charge in [0.05, 0.1) is 16.8 Å². The van der Waals surface area contributed by atoms with E-state index in [1.807, 2.05) is 24.3 Å². The minimum Gasteiger partial charge on any atom is -0.382 e. The third kappa shape index (κ3) is 3.46. The zero-order valence-electron chi connectivity index (χ0n) is 14.7. The van der Waals surface area contributed by atoms with Gasteiger partial charge in [-0.05, 0) is 18.9 Å². The summed E-state index contributed by atoms with van der Waals surface area (Å²) in [4.78, 5) is 9.14. The molecule has 25 heavy (non-hydrogen) atoms. The SMILES string of the molecule is CCc1nc2c(N)nc3ccccc3c2n1CCCCS(=O)(=O)CC. The van der Waals surface area contributed by atoms with Crippen molar-refractivity contribution in [3.8, 4) is 0 Å². The van der Waals surface area contributed by atoms with Gasteiger partial charge < -0.3 is 10.3 Å². The third-order valence-corrected chi connectivity index (χ3v) is 6.32. The smallest absolute Gasteiger partial charge is 0.152 e. The van der Waals surface area contributed by atoms with Crippen LogP contribution >= 0.6 is 0 Å². The Bertz CT molecular complexity index is 1010. The first-order valence-electron chi connectivity index (χ1n) is 8.70. The van der Waals surface area contributed by atoms with Crippen LogP contribution in [0.5, 0.6) is 0 Å². The van der Waals surface area contributed by atoms with E-state index in [1.54, 1.807) is 6.92 Å². The zero-order valence-corrected chi connectivity index (χ0v) is 15.5. The van der Waals surface area contributed by atoms with Crippen molar-refractivity contribution in [2.75, 3.05) is 17.2 Å². The molecule has 7 heteroatoms. The molecule has 3 rings (SSSR count). The third-order valence-electron chi connectivity index (χ3n) is 4.53. The Labute approximate surface area is 148 Å². The monoisotopic (exact) mass is 360 g/mol. The van der Waals surface area contributed by atoms with Crippen LogP contribution in [0.4, 0.5) is 5.82 Å². The van der Waals surface area contributed by atoms with Gasteiger partial charge in [0.1, 0.15) is 21.2 Å². The first-order chi connectivity index (χ1) is 12.0. The number of unbranched alkanes of at least 4 members (excludes halogenated alkanes) is 1. The lowest BCUT2D eigenvalue weighted by atomic mass is 10.2. The molecular formula is C18H24N4O2S. The topological polar surface area (TPSA) is 90.9 Å². The molecule has 1 aromatic carbocycles. The van der Waals surface area contributed by atoms with Crippen LogP contribution in [0.3, 0.4) is 0 Å². The minimum atomic E-state index is -2.92. The molecule has 0 fully saturated rings. The van der Waals surface area contributed by atoms with Gasteiger partial charge in [-0.15, -0.1) is 0 Å². The van der Waals surface area contributed by atoms with Crippen LogP contribution in [-0.2, 0) is 22.8 Å². The van der Waals surface area contributed by atoms with Crippen molar-refractivity contribution in [3.05, 3.63) is 30.1 Å². The fourth-order valence-electron chi connectivity index (χ4n) is 3.15. The maximum Gasteiger partial charge on any atom is 0.152 e. The zero-order chi connectivity index (χ0) is 18.0. The number of hydrogen-bond acceptors (Lipinski definition) is 5. The van der Waals surface area contributed by atoms with Gasteiger partial charge in [-0.1, -0.05) is 32.0 Å². The number of fused-ring (bicyclic) bond motifs is 3. The molecule has 3 aromatic rings. The Morgan fingerprint density at radius 2 is 1.88 bits per heavy atom. The molecule has 134 valence electrons. The number of anilines is 1. The molecule has 0 saturated carbocycles. The summed E-state index contributed by atoms with van der Waals surface area (Å²) in [5, 5.41) is 1.03. The average Bonchev–Trinajstić information content (AvgIpc) is 2.98. The lowest BCUT2D eigenvalue weighted by Crippen LogP contribution is -2.10. The molecule has 0 aliphatic heterocycles. The number of nitrogens with two attached hydrogens (primary N) is 1. The number of rotatable bonds is 7. The van der Waals surface area contributed by atoms with Gasteiger partial charge in [0.25, 0.3) is 0 Å². The van der Waals surface area contributed by atoms with Crippen LogP contribution in [0.1, 0.15) is 32.5 Å². The van der Waals surface area contributed by atoms with Gasteiger partial charge in [0.2, 0.25) is 0 Å². The van der Waals surface area contributed by atoms with Gasteiger partial charge in [-0.25, -0.2) is 18.4 Å². The molecule has 2 heterocycles. The molecular weight excluding hydrogens is 336 g/mol. The molecule has 0 bridgehead atoms. The molecule has 0 aliphatic rings. The number of pyridine rings is 1. The van der Waals surface area contributed by atoms with E-state index < -0.39 is 9.84 Å². The summed E-state index contributed by atoms with van der Waals surface area (Å²) in [7, 11) is -2.92. The number of benzene rings is 1. The van der Waals surface area contributed by atoms with E-state index in [9.17, 15) is 8.42 Å². The number of hydrogen-bond donors (Lipinski definition) is 1. The van der Waals surface area contributed by atoms with Crippen molar-refractivity contribution in [2.24, 2.45) is 0 Å². The Morgan fingerprint density at radius 3 is 2.60 bits per heavy atom. The quantitative estimate of drug-likeness (QED) is 0.654. The van der Waals surface area contributed by atoms with E-state index in [2.05, 4.69) is 21.5 Å². The summed E-state index contributed by atoms with van der Waals surface area (Å²) in [6.45, 7) is 4.48. The highest BCUT2D eigenvalue weighted by Crippen LogP contribution is 2.29. The second-order valence-corrected chi connectivity index (χ2v) is 8.66. The normalized spacial score (nSPS) is 12.2. The van der Waals surface area contributed by atoms with Crippen LogP contribution in [0.2, 0.25) is 0 Å². The van der Waals surface area contributed by atoms with Crippen LogP contribution in [0.25, 0.3) is 21.9 Å². The first-order valence-corrected chi connectivity index (χ1v) is 10.5. The van der Waals surface area contributed by atoms with Gasteiger partial charge in [-0.2, -0.15) is 0 Å². The Kier molecular flexibility index (Phi) is 4.94. The molecule has 0 amide bonds. The van der Waals surface area contributed by atoms with Crippen LogP contribution in [0.15, 0.2) is 24.3 Å². The fraction of sp³-hybridized carbons (Fsp3) is 0.444. The Balaban J connectivity index is 1.98. The van der Waals surface area contributed by atoms with Crippen molar-refractivity contribution >= 4 is 37.6 Å². The number of aromatic nitrogens is 3. The fourth-order valence-corrected chi connectivity index (χ4v) is 4.08. The summed E-state index contributed by atoms with van der Waals surface area (Å²) in [5.41, 5.74) is 8.71. The Morgan fingerprint density at radius 1 is 1.12 bits per heavy atom. The van der Waals surface area contributed by atoms with Crippen molar-refractivity contribution < 1.29 is 8.42 Å². The van der Waals surface area contributed by atoms with E-state index in [-0.39, 0.29) is 11.5 Å². The number of nitrogen functional groups attached to an aromatic ring is 1. The van der Waals surface area contributed by atoms with Crippen LogP contribution < -0.4 is 5.73 Å². The summed E-state index contributed by atoms with van der Waals surface area (Å²) >= 11 is 0. The lowest BCUT2D eigenvalue weighted by Gasteiger charge is -2.10. The molecule has 6 nitrogen and oxygen atoms in total. The Hall–Kier alpha value is -2.15. The van der Waals surface area contributed by atoms with Crippen molar-refractivity contribution in [1.82, 2.24) is 14.5 Å². The van der Waals surface area contributed by atoms with Crippen molar-refractivity contribution in [2.45, 2.75) is 39.7 Å². The number of imidazole rings is 1. The van der Waals surface area contributed by atoms with E-state index in [1.165, 1.54) is 0 Å². The molecule has 0 radical (unpaired) electrons. The van der Waals surface area contributed by atoms with E-state index >= 15 is 0 Å². The van der Waals surface area contributed by atoms with Crippen LogP contribution in [-0.4, -0.2) is 34.5 Å². The molecule has 0 atom stereocenters. The number of aryl methyl sites for hydroxylation is 2. The predicted molar refractivity (Wildman–Crippen MR) is 102 cm³/mol. The standard InChI is InChI=1S/C18H24N4O2S/c1-3-15-21-16-17(13-9-5-6-10-14(13)20-18(16)19)22(15)11-7-8-12-25(23,24)4-2/h5-6,9-10H,3-4,7-8,11-12H2,1-2H3,(H2,19,20).